The van der Waals surface area contributed by atoms with E-state index in [1.165, 1.54) is 12.1 Å². The van der Waals surface area contributed by atoms with Crippen molar-refractivity contribution in [3.63, 3.8) is 0 Å². The van der Waals surface area contributed by atoms with E-state index in [9.17, 15) is 9.50 Å². The second kappa shape index (κ2) is 5.10. The fourth-order valence-corrected chi connectivity index (χ4v) is 3.37. The van der Waals surface area contributed by atoms with Crippen LogP contribution in [-0.4, -0.2) is 30.0 Å². The molecule has 0 radical (unpaired) electrons. The van der Waals surface area contributed by atoms with Crippen LogP contribution in [0.15, 0.2) is 24.3 Å². The molecule has 4 heteroatoms. The fraction of sp³-hybridized carbons (Fsp3) is 0.600. The summed E-state index contributed by atoms with van der Waals surface area (Å²) in [4.78, 5) is 0. The number of benzene rings is 1. The third kappa shape index (κ3) is 2.47. The first-order valence-corrected chi connectivity index (χ1v) is 7.01. The Morgan fingerprint density at radius 2 is 2.00 bits per heavy atom. The van der Waals surface area contributed by atoms with Crippen LogP contribution in [0.5, 0.6) is 0 Å². The quantitative estimate of drug-likeness (QED) is 0.863. The van der Waals surface area contributed by atoms with Gasteiger partial charge in [0.2, 0.25) is 0 Å². The van der Waals surface area contributed by atoms with Crippen LogP contribution in [-0.2, 0) is 4.74 Å². The first-order valence-electron chi connectivity index (χ1n) is 7.01. The van der Waals surface area contributed by atoms with Gasteiger partial charge in [0.25, 0.3) is 0 Å². The summed E-state index contributed by atoms with van der Waals surface area (Å²) < 4.78 is 18.4. The van der Waals surface area contributed by atoms with Gasteiger partial charge in [-0.15, -0.1) is 0 Å². The third-order valence-corrected chi connectivity index (χ3v) is 4.48. The molecule has 0 bridgehead atoms. The van der Waals surface area contributed by atoms with E-state index in [-0.39, 0.29) is 11.9 Å². The number of anilines is 1. The van der Waals surface area contributed by atoms with Crippen molar-refractivity contribution in [1.29, 1.82) is 0 Å². The van der Waals surface area contributed by atoms with Gasteiger partial charge in [0.05, 0.1) is 12.6 Å². The summed E-state index contributed by atoms with van der Waals surface area (Å²) >= 11 is 0. The zero-order chi connectivity index (χ0) is 13.3. The van der Waals surface area contributed by atoms with Crippen LogP contribution in [0.3, 0.4) is 0 Å². The maximum atomic E-state index is 12.9. The molecule has 0 amide bonds. The van der Waals surface area contributed by atoms with E-state index >= 15 is 0 Å². The summed E-state index contributed by atoms with van der Waals surface area (Å²) in [5.41, 5.74) is 0.0660. The Kier molecular flexibility index (Phi) is 3.46. The highest BCUT2D eigenvalue weighted by molar-refractivity contribution is 5.44. The van der Waals surface area contributed by atoms with E-state index < -0.39 is 5.60 Å². The van der Waals surface area contributed by atoms with Crippen LogP contribution in [0.25, 0.3) is 0 Å². The van der Waals surface area contributed by atoms with Gasteiger partial charge in [0.1, 0.15) is 11.4 Å². The molecule has 1 aromatic carbocycles. The van der Waals surface area contributed by atoms with Crippen molar-refractivity contribution in [1.82, 2.24) is 0 Å². The Hall–Kier alpha value is -1.13. The van der Waals surface area contributed by atoms with Gasteiger partial charge in [-0.1, -0.05) is 6.42 Å². The lowest BCUT2D eigenvalue weighted by Crippen LogP contribution is -2.60. The second-order valence-electron chi connectivity index (χ2n) is 5.66. The molecule has 0 spiro atoms. The fourth-order valence-electron chi connectivity index (χ4n) is 3.37. The normalized spacial score (nSPS) is 34.6. The van der Waals surface area contributed by atoms with Crippen molar-refractivity contribution in [3.8, 4) is 0 Å². The molecule has 1 aliphatic carbocycles. The Morgan fingerprint density at radius 1 is 1.21 bits per heavy atom. The molecule has 2 aliphatic rings. The molecule has 3 nitrogen and oxygen atoms in total. The van der Waals surface area contributed by atoms with E-state index in [4.69, 9.17) is 4.74 Å². The van der Waals surface area contributed by atoms with Crippen LogP contribution < -0.4 is 5.32 Å². The highest BCUT2D eigenvalue weighted by atomic mass is 19.1. The number of halogens is 1. The molecular weight excluding hydrogens is 245 g/mol. The molecule has 0 aromatic heterocycles. The summed E-state index contributed by atoms with van der Waals surface area (Å²) in [6.07, 6.45) is 4.04. The predicted octanol–water partition coefficient (Wildman–Crippen LogP) is 2.56. The van der Waals surface area contributed by atoms with Crippen LogP contribution >= 0.6 is 0 Å². The summed E-state index contributed by atoms with van der Waals surface area (Å²) in [6.45, 7) is 1.15. The Bertz CT molecular complexity index is 434. The number of nitrogens with one attached hydrogen (secondary N) is 1. The minimum atomic E-state index is -0.787. The van der Waals surface area contributed by atoms with Gasteiger partial charge in [0.15, 0.2) is 0 Å². The van der Waals surface area contributed by atoms with Gasteiger partial charge in [-0.2, -0.15) is 0 Å². The standard InChI is InChI=1S/C15H20FNO2/c16-12-4-6-13(7-5-12)17-14-3-1-2-11-8-9-19-10-15(11,14)18/h4-7,11,14,17-18H,1-3,8-10H2/t11-,14-,15-/m1/s1. The molecule has 1 aliphatic heterocycles. The zero-order valence-electron chi connectivity index (χ0n) is 10.9. The molecule has 3 rings (SSSR count). The average molecular weight is 265 g/mol. The summed E-state index contributed by atoms with van der Waals surface area (Å²) in [7, 11) is 0. The van der Waals surface area contributed by atoms with E-state index in [1.807, 2.05) is 0 Å². The lowest BCUT2D eigenvalue weighted by molar-refractivity contribution is -0.148. The minimum Gasteiger partial charge on any atom is -0.385 e. The van der Waals surface area contributed by atoms with Gasteiger partial charge >= 0.3 is 0 Å². The van der Waals surface area contributed by atoms with Crippen molar-refractivity contribution in [2.45, 2.75) is 37.3 Å². The maximum Gasteiger partial charge on any atom is 0.123 e. The highest BCUT2D eigenvalue weighted by Gasteiger charge is 2.48. The summed E-state index contributed by atoms with van der Waals surface area (Å²) in [5, 5.41) is 14.3. The molecule has 1 heterocycles. The van der Waals surface area contributed by atoms with Crippen molar-refractivity contribution >= 4 is 5.69 Å². The SMILES string of the molecule is O[C@]12COCC[C@H]1CCC[C@H]2Nc1ccc(F)cc1. The van der Waals surface area contributed by atoms with Gasteiger partial charge < -0.3 is 15.2 Å². The molecular formula is C15H20FNO2. The van der Waals surface area contributed by atoms with Crippen LogP contribution in [0.1, 0.15) is 25.7 Å². The van der Waals surface area contributed by atoms with Gasteiger partial charge in [-0.25, -0.2) is 4.39 Å². The van der Waals surface area contributed by atoms with Crippen molar-refractivity contribution in [3.05, 3.63) is 30.1 Å². The molecule has 1 saturated carbocycles. The van der Waals surface area contributed by atoms with E-state index in [2.05, 4.69) is 5.32 Å². The monoisotopic (exact) mass is 265 g/mol. The third-order valence-electron chi connectivity index (χ3n) is 4.48. The number of rotatable bonds is 2. The molecule has 1 saturated heterocycles. The first kappa shape index (κ1) is 12.9. The topological polar surface area (TPSA) is 41.5 Å². The predicted molar refractivity (Wildman–Crippen MR) is 71.5 cm³/mol. The summed E-state index contributed by atoms with van der Waals surface area (Å²) in [6, 6.07) is 6.28. The summed E-state index contributed by atoms with van der Waals surface area (Å²) in [5.74, 6) is 0.0692. The Balaban J connectivity index is 1.77. The van der Waals surface area contributed by atoms with Crippen LogP contribution in [0, 0.1) is 11.7 Å². The van der Waals surface area contributed by atoms with Crippen molar-refractivity contribution < 1.29 is 14.2 Å². The smallest absolute Gasteiger partial charge is 0.123 e. The lowest BCUT2D eigenvalue weighted by atomic mass is 9.70. The van der Waals surface area contributed by atoms with Crippen molar-refractivity contribution in [2.24, 2.45) is 5.92 Å². The van der Waals surface area contributed by atoms with Crippen molar-refractivity contribution in [2.75, 3.05) is 18.5 Å². The lowest BCUT2D eigenvalue weighted by Gasteiger charge is -2.48. The average Bonchev–Trinajstić information content (AvgIpc) is 2.42. The van der Waals surface area contributed by atoms with E-state index in [1.54, 1.807) is 12.1 Å². The van der Waals surface area contributed by atoms with Crippen LogP contribution in [0.2, 0.25) is 0 Å². The zero-order valence-corrected chi connectivity index (χ0v) is 10.9. The number of aliphatic hydroxyl groups is 1. The molecule has 19 heavy (non-hydrogen) atoms. The number of hydrogen-bond acceptors (Lipinski definition) is 3. The molecule has 1 aromatic rings. The number of hydrogen-bond donors (Lipinski definition) is 2. The van der Waals surface area contributed by atoms with Gasteiger partial charge in [-0.05, 0) is 49.4 Å². The minimum absolute atomic E-state index is 0.0167. The Morgan fingerprint density at radius 3 is 2.79 bits per heavy atom. The highest BCUT2D eigenvalue weighted by Crippen LogP contribution is 2.40. The second-order valence-corrected chi connectivity index (χ2v) is 5.66. The number of fused-ring (bicyclic) bond motifs is 1. The number of ether oxygens (including phenoxy) is 1. The molecule has 3 atom stereocenters. The van der Waals surface area contributed by atoms with E-state index in [0.29, 0.717) is 12.5 Å². The van der Waals surface area contributed by atoms with Gasteiger partial charge in [0, 0.05) is 12.3 Å². The molecule has 0 unspecified atom stereocenters. The molecule has 2 fully saturated rings. The molecule has 104 valence electrons. The van der Waals surface area contributed by atoms with E-state index in [0.717, 1.165) is 38.0 Å². The van der Waals surface area contributed by atoms with Gasteiger partial charge in [-0.3, -0.25) is 0 Å². The Labute approximate surface area is 112 Å². The van der Waals surface area contributed by atoms with Crippen LogP contribution in [0.4, 0.5) is 10.1 Å². The maximum absolute atomic E-state index is 12.9. The molecule has 2 N–H and O–H groups in total. The largest absolute Gasteiger partial charge is 0.385 e. The first-order chi connectivity index (χ1) is 9.18.